The molecule has 0 heterocycles. The fourth-order valence-electron chi connectivity index (χ4n) is 2.42. The molecule has 0 aliphatic carbocycles. The van der Waals surface area contributed by atoms with Crippen molar-refractivity contribution in [1.29, 1.82) is 0 Å². The lowest BCUT2D eigenvalue weighted by Gasteiger charge is -2.23. The predicted octanol–water partition coefficient (Wildman–Crippen LogP) is 5.82. The number of rotatable bonds is 5. The van der Waals surface area contributed by atoms with Crippen molar-refractivity contribution in [2.24, 2.45) is 4.99 Å². The summed E-state index contributed by atoms with van der Waals surface area (Å²) in [6, 6.07) is 13.1. The third kappa shape index (κ3) is 3.95. The zero-order chi connectivity index (χ0) is 17.7. The van der Waals surface area contributed by atoms with Gasteiger partial charge in [0.05, 0.1) is 0 Å². The van der Waals surface area contributed by atoms with E-state index in [1.165, 1.54) is 11.8 Å². The first-order chi connectivity index (χ1) is 11.5. The fraction of sp³-hybridized carbons (Fsp3) is 0.150. The van der Waals surface area contributed by atoms with Gasteiger partial charge in [-0.3, -0.25) is 0 Å². The number of halogens is 1. The molecule has 3 nitrogen and oxygen atoms in total. The number of anilines is 1. The maximum atomic E-state index is 9.50. The summed E-state index contributed by atoms with van der Waals surface area (Å²) >= 11 is 3.65. The van der Waals surface area contributed by atoms with Crippen LogP contribution in [0.2, 0.25) is 0 Å². The Bertz CT molecular complexity index is 764. The summed E-state index contributed by atoms with van der Waals surface area (Å²) in [6.45, 7) is 11.9. The molecule has 0 fully saturated rings. The standard InChI is InChI=1S/C20H21BrN2O/c1-5-22-20(15-7-10-17(24)11-8-15)23(6-2)16-9-12-18(14(3)4)19(21)13-16/h5-14,24H,1-2H2,3-4H3/b22-20-. The normalized spacial score (nSPS) is 11.4. The van der Waals surface area contributed by atoms with Gasteiger partial charge in [-0.05, 0) is 47.9 Å². The highest BCUT2D eigenvalue weighted by molar-refractivity contribution is 9.10. The second-order valence-corrected chi connectivity index (χ2v) is 6.45. The maximum absolute atomic E-state index is 9.50. The van der Waals surface area contributed by atoms with E-state index in [0.717, 1.165) is 15.7 Å². The summed E-state index contributed by atoms with van der Waals surface area (Å²) in [5.74, 6) is 1.33. The molecule has 0 saturated carbocycles. The average Bonchev–Trinajstić information content (AvgIpc) is 2.55. The Hall–Kier alpha value is -2.33. The zero-order valence-electron chi connectivity index (χ0n) is 13.9. The van der Waals surface area contributed by atoms with Crippen molar-refractivity contribution in [1.82, 2.24) is 0 Å². The van der Waals surface area contributed by atoms with E-state index in [1.807, 2.05) is 23.1 Å². The Kier molecular flexibility index (Phi) is 5.99. The summed E-state index contributed by atoms with van der Waals surface area (Å²) in [6.07, 6.45) is 3.21. The van der Waals surface area contributed by atoms with Crippen molar-refractivity contribution in [3.05, 3.63) is 83.6 Å². The molecule has 2 aromatic carbocycles. The van der Waals surface area contributed by atoms with Gasteiger partial charge in [0.2, 0.25) is 0 Å². The summed E-state index contributed by atoms with van der Waals surface area (Å²) in [5, 5.41) is 9.50. The quantitative estimate of drug-likeness (QED) is 0.520. The molecule has 2 rings (SSSR count). The van der Waals surface area contributed by atoms with Gasteiger partial charge in [0.15, 0.2) is 0 Å². The van der Waals surface area contributed by atoms with E-state index in [9.17, 15) is 5.11 Å². The van der Waals surface area contributed by atoms with Gasteiger partial charge in [-0.15, -0.1) is 0 Å². The van der Waals surface area contributed by atoms with Crippen LogP contribution in [0.25, 0.3) is 0 Å². The average molecular weight is 385 g/mol. The number of benzene rings is 2. The molecule has 1 N–H and O–H groups in total. The smallest absolute Gasteiger partial charge is 0.144 e. The van der Waals surface area contributed by atoms with E-state index in [1.54, 1.807) is 18.3 Å². The molecule has 0 unspecified atom stereocenters. The molecule has 124 valence electrons. The first-order valence-corrected chi connectivity index (χ1v) is 8.46. The van der Waals surface area contributed by atoms with Crippen LogP contribution in [0.4, 0.5) is 5.69 Å². The summed E-state index contributed by atoms with van der Waals surface area (Å²) in [7, 11) is 0. The van der Waals surface area contributed by atoms with Crippen LogP contribution in [-0.4, -0.2) is 10.9 Å². The zero-order valence-corrected chi connectivity index (χ0v) is 15.5. The molecule has 0 spiro atoms. The Morgan fingerprint density at radius 2 is 1.83 bits per heavy atom. The van der Waals surface area contributed by atoms with Crippen LogP contribution >= 0.6 is 15.9 Å². The van der Waals surface area contributed by atoms with Gasteiger partial charge >= 0.3 is 0 Å². The number of phenols is 1. The van der Waals surface area contributed by atoms with Crippen LogP contribution in [0.5, 0.6) is 5.75 Å². The van der Waals surface area contributed by atoms with Gasteiger partial charge in [-0.1, -0.05) is 49.0 Å². The summed E-state index contributed by atoms with van der Waals surface area (Å²) in [4.78, 5) is 6.29. The Morgan fingerprint density at radius 1 is 1.17 bits per heavy atom. The van der Waals surface area contributed by atoms with Crippen LogP contribution in [0.3, 0.4) is 0 Å². The van der Waals surface area contributed by atoms with Gasteiger partial charge in [0.1, 0.15) is 11.6 Å². The van der Waals surface area contributed by atoms with E-state index in [2.05, 4.69) is 60.1 Å². The number of hydrogen-bond donors (Lipinski definition) is 1. The molecular formula is C20H21BrN2O. The topological polar surface area (TPSA) is 35.8 Å². The van der Waals surface area contributed by atoms with Crippen molar-refractivity contribution >= 4 is 27.5 Å². The van der Waals surface area contributed by atoms with Crippen LogP contribution < -0.4 is 4.90 Å². The molecule has 0 aliphatic rings. The van der Waals surface area contributed by atoms with Gasteiger partial charge in [0, 0.05) is 28.1 Å². The van der Waals surface area contributed by atoms with E-state index in [4.69, 9.17) is 0 Å². The van der Waals surface area contributed by atoms with Crippen LogP contribution in [-0.2, 0) is 0 Å². The molecule has 0 aliphatic heterocycles. The molecule has 4 heteroatoms. The number of aliphatic imine (C=N–C) groups is 1. The fourth-order valence-corrected chi connectivity index (χ4v) is 3.25. The molecular weight excluding hydrogens is 364 g/mol. The van der Waals surface area contributed by atoms with E-state index >= 15 is 0 Å². The minimum Gasteiger partial charge on any atom is -0.508 e. The number of aromatic hydroxyl groups is 1. The van der Waals surface area contributed by atoms with Crippen LogP contribution in [0, 0.1) is 0 Å². The second-order valence-electron chi connectivity index (χ2n) is 5.60. The lowest BCUT2D eigenvalue weighted by molar-refractivity contribution is 0.475. The SMILES string of the molecule is C=C/N=C(/c1ccc(O)cc1)N(C=C)c1ccc(C(C)C)c(Br)c1. The largest absolute Gasteiger partial charge is 0.508 e. The number of nitrogens with zero attached hydrogens (tertiary/aromatic N) is 2. The van der Waals surface area contributed by atoms with Crippen molar-refractivity contribution in [3.63, 3.8) is 0 Å². The van der Waals surface area contributed by atoms with Crippen molar-refractivity contribution in [3.8, 4) is 5.75 Å². The molecule has 0 saturated heterocycles. The second kappa shape index (κ2) is 7.97. The molecule has 0 amide bonds. The number of hydrogen-bond acceptors (Lipinski definition) is 2. The van der Waals surface area contributed by atoms with E-state index in [0.29, 0.717) is 11.8 Å². The molecule has 0 radical (unpaired) electrons. The number of amidine groups is 1. The highest BCUT2D eigenvalue weighted by Crippen LogP contribution is 2.30. The van der Waals surface area contributed by atoms with Crippen molar-refractivity contribution < 1.29 is 5.11 Å². The first kappa shape index (κ1) is 18.0. The molecule has 24 heavy (non-hydrogen) atoms. The first-order valence-electron chi connectivity index (χ1n) is 7.67. The summed E-state index contributed by atoms with van der Waals surface area (Å²) in [5.41, 5.74) is 3.04. The van der Waals surface area contributed by atoms with Crippen LogP contribution in [0.1, 0.15) is 30.9 Å². The van der Waals surface area contributed by atoms with Crippen molar-refractivity contribution in [2.75, 3.05) is 4.90 Å². The third-order valence-corrected chi connectivity index (χ3v) is 4.32. The van der Waals surface area contributed by atoms with Gasteiger partial charge in [0.25, 0.3) is 0 Å². The van der Waals surface area contributed by atoms with E-state index in [-0.39, 0.29) is 5.75 Å². The highest BCUT2D eigenvalue weighted by atomic mass is 79.9. The van der Waals surface area contributed by atoms with Crippen LogP contribution in [0.15, 0.2) is 77.5 Å². The van der Waals surface area contributed by atoms with Crippen molar-refractivity contribution in [2.45, 2.75) is 19.8 Å². The van der Waals surface area contributed by atoms with E-state index < -0.39 is 0 Å². The third-order valence-electron chi connectivity index (χ3n) is 3.63. The molecule has 2 aromatic rings. The molecule has 0 atom stereocenters. The molecule has 0 bridgehead atoms. The molecule has 0 aromatic heterocycles. The van der Waals surface area contributed by atoms with Gasteiger partial charge in [-0.2, -0.15) is 0 Å². The maximum Gasteiger partial charge on any atom is 0.144 e. The lowest BCUT2D eigenvalue weighted by atomic mass is 10.0. The monoisotopic (exact) mass is 384 g/mol. The Balaban J connectivity index is 2.49. The number of phenolic OH excluding ortho intramolecular Hbond substituents is 1. The summed E-state index contributed by atoms with van der Waals surface area (Å²) < 4.78 is 1.05. The minimum absolute atomic E-state index is 0.214. The highest BCUT2D eigenvalue weighted by Gasteiger charge is 2.15. The Labute approximate surface area is 151 Å². The Morgan fingerprint density at radius 3 is 2.33 bits per heavy atom. The lowest BCUT2D eigenvalue weighted by Crippen LogP contribution is -2.26. The van der Waals surface area contributed by atoms with Gasteiger partial charge in [-0.25, -0.2) is 4.99 Å². The minimum atomic E-state index is 0.214. The predicted molar refractivity (Wildman–Crippen MR) is 106 cm³/mol. The van der Waals surface area contributed by atoms with Gasteiger partial charge < -0.3 is 10.0 Å².